The van der Waals surface area contributed by atoms with Gasteiger partial charge in [-0.1, -0.05) is 18.2 Å². The second kappa shape index (κ2) is 7.35. The molecule has 0 saturated heterocycles. The highest BCUT2D eigenvalue weighted by atomic mass is 16.5. The van der Waals surface area contributed by atoms with E-state index in [-0.39, 0.29) is 0 Å². The van der Waals surface area contributed by atoms with E-state index in [1.165, 1.54) is 5.69 Å². The van der Waals surface area contributed by atoms with Crippen molar-refractivity contribution in [3.05, 3.63) is 59.7 Å². The van der Waals surface area contributed by atoms with E-state index in [0.29, 0.717) is 12.2 Å². The van der Waals surface area contributed by atoms with E-state index in [9.17, 15) is 0 Å². The van der Waals surface area contributed by atoms with Crippen LogP contribution in [0.5, 0.6) is 5.75 Å². The predicted octanol–water partition coefficient (Wildman–Crippen LogP) is 3.98. The molecule has 0 bridgehead atoms. The van der Waals surface area contributed by atoms with Gasteiger partial charge in [0.2, 0.25) is 0 Å². The van der Waals surface area contributed by atoms with Crippen molar-refractivity contribution >= 4 is 5.69 Å². The van der Waals surface area contributed by atoms with Crippen LogP contribution in [0.25, 0.3) is 0 Å². The third-order valence-electron chi connectivity index (χ3n) is 3.41. The van der Waals surface area contributed by atoms with Crippen LogP contribution in [-0.4, -0.2) is 13.1 Å². The lowest BCUT2D eigenvalue weighted by Gasteiger charge is -2.21. The maximum Gasteiger partial charge on any atom is 0.121 e. The summed E-state index contributed by atoms with van der Waals surface area (Å²) < 4.78 is 5.84. The zero-order valence-electron chi connectivity index (χ0n) is 12.5. The van der Waals surface area contributed by atoms with Crippen molar-refractivity contribution in [3.8, 4) is 11.8 Å². The van der Waals surface area contributed by atoms with E-state index in [2.05, 4.69) is 36.9 Å². The molecule has 0 atom stereocenters. The minimum atomic E-state index is 0.469. The molecule has 0 saturated carbocycles. The molecule has 2 rings (SSSR count). The number of benzene rings is 2. The maximum atomic E-state index is 8.90. The fourth-order valence-corrected chi connectivity index (χ4v) is 2.26. The molecular formula is C18H20N2O. The van der Waals surface area contributed by atoms with Crippen molar-refractivity contribution < 1.29 is 4.74 Å². The smallest absolute Gasteiger partial charge is 0.121 e. The monoisotopic (exact) mass is 280 g/mol. The molecule has 0 aliphatic carbocycles. The maximum absolute atomic E-state index is 8.90. The van der Waals surface area contributed by atoms with Crippen molar-refractivity contribution in [2.75, 3.05) is 18.0 Å². The molecule has 0 fully saturated rings. The molecule has 0 heterocycles. The van der Waals surface area contributed by atoms with Crippen LogP contribution in [0.3, 0.4) is 0 Å². The van der Waals surface area contributed by atoms with Gasteiger partial charge in [-0.2, -0.15) is 5.26 Å². The lowest BCUT2D eigenvalue weighted by atomic mass is 10.1. The first kappa shape index (κ1) is 14.9. The summed E-state index contributed by atoms with van der Waals surface area (Å²) in [6.45, 7) is 6.71. The van der Waals surface area contributed by atoms with Gasteiger partial charge in [-0.15, -0.1) is 0 Å². The molecule has 3 nitrogen and oxygen atoms in total. The van der Waals surface area contributed by atoms with Crippen LogP contribution in [0.2, 0.25) is 0 Å². The Bertz CT molecular complexity index is 627. The van der Waals surface area contributed by atoms with Gasteiger partial charge >= 0.3 is 0 Å². The lowest BCUT2D eigenvalue weighted by molar-refractivity contribution is 0.306. The van der Waals surface area contributed by atoms with Crippen LogP contribution in [-0.2, 0) is 6.61 Å². The summed E-state index contributed by atoms with van der Waals surface area (Å²) in [5, 5.41) is 8.90. The fourth-order valence-electron chi connectivity index (χ4n) is 2.26. The Morgan fingerprint density at radius 1 is 1.05 bits per heavy atom. The van der Waals surface area contributed by atoms with Crippen LogP contribution in [0.15, 0.2) is 48.5 Å². The normalized spacial score (nSPS) is 9.95. The summed E-state index contributed by atoms with van der Waals surface area (Å²) in [6.07, 6.45) is 0. The summed E-state index contributed by atoms with van der Waals surface area (Å²) in [7, 11) is 0. The van der Waals surface area contributed by atoms with Gasteiger partial charge in [0.05, 0.1) is 11.6 Å². The fraction of sp³-hybridized carbons (Fsp3) is 0.278. The number of hydrogen-bond donors (Lipinski definition) is 0. The first-order valence-corrected chi connectivity index (χ1v) is 7.23. The summed E-state index contributed by atoms with van der Waals surface area (Å²) in [4.78, 5) is 2.28. The standard InChI is InChI=1S/C18H20N2O/c1-3-20(4-2)17-9-6-10-18(12-17)21-14-16-8-5-7-15(11-16)13-19/h5-12H,3-4,14H2,1-2H3. The zero-order chi connectivity index (χ0) is 15.1. The highest BCUT2D eigenvalue weighted by Gasteiger charge is 2.03. The molecule has 0 radical (unpaired) electrons. The van der Waals surface area contributed by atoms with Crippen molar-refractivity contribution in [2.45, 2.75) is 20.5 Å². The Kier molecular flexibility index (Phi) is 5.22. The molecule has 0 unspecified atom stereocenters. The molecule has 0 amide bonds. The molecule has 0 aliphatic heterocycles. The molecule has 0 spiro atoms. The van der Waals surface area contributed by atoms with Crippen LogP contribution in [0.4, 0.5) is 5.69 Å². The van der Waals surface area contributed by atoms with Crippen LogP contribution < -0.4 is 9.64 Å². The molecule has 2 aromatic rings. The quantitative estimate of drug-likeness (QED) is 0.803. The molecule has 108 valence electrons. The van der Waals surface area contributed by atoms with Crippen molar-refractivity contribution in [1.29, 1.82) is 5.26 Å². The van der Waals surface area contributed by atoms with Gasteiger partial charge in [-0.3, -0.25) is 0 Å². The average Bonchev–Trinajstić information content (AvgIpc) is 2.55. The largest absolute Gasteiger partial charge is 0.489 e. The van der Waals surface area contributed by atoms with Crippen LogP contribution in [0, 0.1) is 11.3 Å². The Labute approximate surface area is 126 Å². The van der Waals surface area contributed by atoms with Gasteiger partial charge in [-0.25, -0.2) is 0 Å². The number of hydrogen-bond acceptors (Lipinski definition) is 3. The summed E-state index contributed by atoms with van der Waals surface area (Å²) in [5.41, 5.74) is 2.83. The second-order valence-corrected chi connectivity index (χ2v) is 4.77. The molecule has 0 aliphatic rings. The van der Waals surface area contributed by atoms with Gasteiger partial charge in [0.15, 0.2) is 0 Å². The average molecular weight is 280 g/mol. The number of ether oxygens (including phenoxy) is 1. The lowest BCUT2D eigenvalue weighted by Crippen LogP contribution is -2.21. The molecule has 0 aromatic heterocycles. The van der Waals surface area contributed by atoms with Crippen molar-refractivity contribution in [2.24, 2.45) is 0 Å². The topological polar surface area (TPSA) is 36.3 Å². The summed E-state index contributed by atoms with van der Waals surface area (Å²) in [6, 6.07) is 17.8. The number of anilines is 1. The Hall–Kier alpha value is -2.47. The van der Waals surface area contributed by atoms with Gasteiger partial charge in [0.1, 0.15) is 12.4 Å². The molecule has 0 N–H and O–H groups in total. The second-order valence-electron chi connectivity index (χ2n) is 4.77. The third kappa shape index (κ3) is 4.00. The minimum Gasteiger partial charge on any atom is -0.489 e. The van der Waals surface area contributed by atoms with E-state index < -0.39 is 0 Å². The number of nitrogens with zero attached hydrogens (tertiary/aromatic N) is 2. The molecular weight excluding hydrogens is 260 g/mol. The zero-order valence-corrected chi connectivity index (χ0v) is 12.5. The SMILES string of the molecule is CCN(CC)c1cccc(OCc2cccc(C#N)c2)c1. The van der Waals surface area contributed by atoms with Crippen molar-refractivity contribution in [1.82, 2.24) is 0 Å². The number of nitriles is 1. The Morgan fingerprint density at radius 3 is 2.52 bits per heavy atom. The first-order chi connectivity index (χ1) is 10.3. The van der Waals surface area contributed by atoms with Gasteiger partial charge in [0, 0.05) is 24.8 Å². The third-order valence-corrected chi connectivity index (χ3v) is 3.41. The predicted molar refractivity (Wildman–Crippen MR) is 85.5 cm³/mol. The Morgan fingerprint density at radius 2 is 1.81 bits per heavy atom. The summed E-state index contributed by atoms with van der Waals surface area (Å²) >= 11 is 0. The highest BCUT2D eigenvalue weighted by molar-refractivity contribution is 5.50. The summed E-state index contributed by atoms with van der Waals surface area (Å²) in [5.74, 6) is 0.849. The minimum absolute atomic E-state index is 0.469. The number of rotatable bonds is 6. The highest BCUT2D eigenvalue weighted by Crippen LogP contribution is 2.22. The van der Waals surface area contributed by atoms with E-state index in [1.54, 1.807) is 6.07 Å². The Balaban J connectivity index is 2.06. The van der Waals surface area contributed by atoms with E-state index >= 15 is 0 Å². The van der Waals surface area contributed by atoms with Gasteiger partial charge < -0.3 is 9.64 Å². The van der Waals surface area contributed by atoms with E-state index in [4.69, 9.17) is 10.00 Å². The molecule has 2 aromatic carbocycles. The van der Waals surface area contributed by atoms with Crippen molar-refractivity contribution in [3.63, 3.8) is 0 Å². The van der Waals surface area contributed by atoms with Gasteiger partial charge in [-0.05, 0) is 43.7 Å². The molecule has 3 heteroatoms. The van der Waals surface area contributed by atoms with E-state index in [0.717, 1.165) is 24.4 Å². The van der Waals surface area contributed by atoms with Crippen LogP contribution in [0.1, 0.15) is 25.0 Å². The van der Waals surface area contributed by atoms with Crippen LogP contribution >= 0.6 is 0 Å². The first-order valence-electron chi connectivity index (χ1n) is 7.23. The van der Waals surface area contributed by atoms with E-state index in [1.807, 2.05) is 30.3 Å². The molecule has 21 heavy (non-hydrogen) atoms. The van der Waals surface area contributed by atoms with Gasteiger partial charge in [0.25, 0.3) is 0 Å².